The summed E-state index contributed by atoms with van der Waals surface area (Å²) in [6.45, 7) is 5.76. The molecule has 2 aliphatic rings. The van der Waals surface area contributed by atoms with E-state index in [1.807, 2.05) is 55.5 Å². The smallest absolute Gasteiger partial charge is 0.338 e. The van der Waals surface area contributed by atoms with Gasteiger partial charge in [0.2, 0.25) is 0 Å². The molecule has 1 saturated heterocycles. The number of hydrogen-bond acceptors (Lipinski definition) is 5. The summed E-state index contributed by atoms with van der Waals surface area (Å²) in [5, 5.41) is 6.44. The topological polar surface area (TPSA) is 73.9 Å². The van der Waals surface area contributed by atoms with Crippen LogP contribution in [0.3, 0.4) is 0 Å². The average molecular weight is 455 g/mol. The van der Waals surface area contributed by atoms with Crippen molar-refractivity contribution >= 4 is 29.3 Å². The first-order chi connectivity index (χ1) is 15.4. The monoisotopic (exact) mass is 454 g/mol. The van der Waals surface area contributed by atoms with Crippen LogP contribution in [0.1, 0.15) is 17.2 Å². The summed E-state index contributed by atoms with van der Waals surface area (Å²) in [7, 11) is 1.36. The fourth-order valence-corrected chi connectivity index (χ4v) is 4.27. The van der Waals surface area contributed by atoms with Gasteiger partial charge in [0, 0.05) is 49.1 Å². The number of esters is 1. The summed E-state index contributed by atoms with van der Waals surface area (Å²) in [4.78, 5) is 29.7. The second-order valence-electron chi connectivity index (χ2n) is 8.07. The molecule has 1 fully saturated rings. The van der Waals surface area contributed by atoms with Crippen LogP contribution in [0.2, 0.25) is 5.02 Å². The van der Waals surface area contributed by atoms with E-state index in [2.05, 4.69) is 20.4 Å². The summed E-state index contributed by atoms with van der Waals surface area (Å²) < 4.78 is 5.08. The number of aryl methyl sites for hydroxylation is 1. The molecule has 0 aromatic heterocycles. The minimum Gasteiger partial charge on any atom is -0.466 e. The zero-order valence-electron chi connectivity index (χ0n) is 18.2. The van der Waals surface area contributed by atoms with Crippen LogP contribution in [0.4, 0.5) is 10.5 Å². The van der Waals surface area contributed by atoms with Crippen molar-refractivity contribution in [2.75, 3.05) is 44.7 Å². The largest absolute Gasteiger partial charge is 0.466 e. The molecule has 32 heavy (non-hydrogen) atoms. The Labute approximate surface area is 193 Å². The number of benzene rings is 2. The van der Waals surface area contributed by atoms with Crippen molar-refractivity contribution in [2.45, 2.75) is 13.0 Å². The molecule has 4 rings (SSSR count). The number of nitrogens with one attached hydrogen (secondary N) is 2. The van der Waals surface area contributed by atoms with Crippen LogP contribution in [-0.2, 0) is 9.53 Å². The summed E-state index contributed by atoms with van der Waals surface area (Å²) in [6.07, 6.45) is 0. The number of anilines is 1. The van der Waals surface area contributed by atoms with E-state index in [1.54, 1.807) is 0 Å². The van der Waals surface area contributed by atoms with Crippen LogP contribution in [-0.4, -0.2) is 56.7 Å². The third-order valence-corrected chi connectivity index (χ3v) is 6.17. The Morgan fingerprint density at radius 3 is 2.34 bits per heavy atom. The summed E-state index contributed by atoms with van der Waals surface area (Å²) in [6, 6.07) is 14.7. The first kappa shape index (κ1) is 22.2. The normalized spacial score (nSPS) is 19.4. The van der Waals surface area contributed by atoms with Crippen molar-refractivity contribution in [1.29, 1.82) is 0 Å². The van der Waals surface area contributed by atoms with Gasteiger partial charge in [-0.3, -0.25) is 4.90 Å². The number of rotatable bonds is 5. The number of urea groups is 1. The van der Waals surface area contributed by atoms with Gasteiger partial charge in [-0.1, -0.05) is 41.4 Å². The fraction of sp³-hybridized carbons (Fsp3) is 0.333. The van der Waals surface area contributed by atoms with Crippen LogP contribution in [0.15, 0.2) is 59.8 Å². The van der Waals surface area contributed by atoms with E-state index in [4.69, 9.17) is 16.3 Å². The van der Waals surface area contributed by atoms with Gasteiger partial charge in [-0.15, -0.1) is 0 Å². The number of carbonyl (C=O) groups excluding carboxylic acids is 2. The average Bonchev–Trinajstić information content (AvgIpc) is 2.80. The molecule has 2 amide bonds. The Bertz CT molecular complexity index is 1010. The number of amides is 2. The predicted octanol–water partition coefficient (Wildman–Crippen LogP) is 3.25. The van der Waals surface area contributed by atoms with Crippen molar-refractivity contribution in [1.82, 2.24) is 15.5 Å². The van der Waals surface area contributed by atoms with E-state index in [9.17, 15) is 9.59 Å². The molecule has 0 saturated carbocycles. The van der Waals surface area contributed by atoms with Crippen LogP contribution >= 0.6 is 11.6 Å². The maximum absolute atomic E-state index is 12.7. The highest BCUT2D eigenvalue weighted by Gasteiger charge is 2.34. The molecule has 1 atom stereocenters. The van der Waals surface area contributed by atoms with Crippen molar-refractivity contribution in [2.24, 2.45) is 0 Å². The second kappa shape index (κ2) is 9.63. The number of nitrogens with zero attached hydrogens (tertiary/aromatic N) is 2. The van der Waals surface area contributed by atoms with Gasteiger partial charge in [-0.25, -0.2) is 9.59 Å². The summed E-state index contributed by atoms with van der Waals surface area (Å²) in [5.74, 6) is -0.446. The third kappa shape index (κ3) is 4.89. The molecule has 2 heterocycles. The zero-order valence-corrected chi connectivity index (χ0v) is 19.0. The standard InChI is InChI=1S/C24H27ClN4O3/c1-16-3-5-17(6-4-16)22-21(23(30)32-2)20(26-24(31)27-22)15-28-11-13-29(14-12-28)19-9-7-18(25)8-10-19/h3-10,22H,11-15H2,1-2H3,(H2,26,27,31). The fourth-order valence-electron chi connectivity index (χ4n) is 4.14. The quantitative estimate of drug-likeness (QED) is 0.678. The molecule has 8 heteroatoms. The maximum atomic E-state index is 12.7. The van der Waals surface area contributed by atoms with Gasteiger partial charge in [-0.2, -0.15) is 0 Å². The first-order valence-corrected chi connectivity index (χ1v) is 11.0. The van der Waals surface area contributed by atoms with Gasteiger partial charge in [-0.05, 0) is 36.8 Å². The maximum Gasteiger partial charge on any atom is 0.338 e. The molecular weight excluding hydrogens is 428 g/mol. The predicted molar refractivity (Wildman–Crippen MR) is 125 cm³/mol. The highest BCUT2D eigenvalue weighted by Crippen LogP contribution is 2.28. The minimum atomic E-state index is -0.554. The number of piperazine rings is 1. The Morgan fingerprint density at radius 1 is 1.06 bits per heavy atom. The summed E-state index contributed by atoms with van der Waals surface area (Å²) in [5.41, 5.74) is 4.12. The van der Waals surface area contributed by atoms with Crippen molar-refractivity contribution in [3.05, 3.63) is 76.0 Å². The molecule has 0 radical (unpaired) electrons. The molecule has 2 N–H and O–H groups in total. The number of carbonyl (C=O) groups is 2. The Balaban J connectivity index is 1.53. The summed E-state index contributed by atoms with van der Waals surface area (Å²) >= 11 is 6.00. The molecule has 0 aliphatic carbocycles. The third-order valence-electron chi connectivity index (χ3n) is 5.92. The molecule has 2 aromatic carbocycles. The second-order valence-corrected chi connectivity index (χ2v) is 8.50. The van der Waals surface area contributed by atoms with Crippen LogP contribution in [0.25, 0.3) is 0 Å². The number of halogens is 1. The molecule has 2 aromatic rings. The molecular formula is C24H27ClN4O3. The van der Waals surface area contributed by atoms with Gasteiger partial charge in [0.1, 0.15) is 0 Å². The molecule has 2 aliphatic heterocycles. The molecule has 1 unspecified atom stereocenters. The molecule has 0 spiro atoms. The van der Waals surface area contributed by atoms with Crippen molar-refractivity contribution in [3.8, 4) is 0 Å². The van der Waals surface area contributed by atoms with Crippen LogP contribution in [0.5, 0.6) is 0 Å². The van der Waals surface area contributed by atoms with Gasteiger partial charge in [0.15, 0.2) is 0 Å². The zero-order chi connectivity index (χ0) is 22.7. The Morgan fingerprint density at radius 2 is 1.72 bits per heavy atom. The van der Waals surface area contributed by atoms with Crippen molar-refractivity contribution < 1.29 is 14.3 Å². The van der Waals surface area contributed by atoms with Gasteiger partial charge >= 0.3 is 12.0 Å². The van der Waals surface area contributed by atoms with Gasteiger partial charge in [0.25, 0.3) is 0 Å². The van der Waals surface area contributed by atoms with E-state index in [-0.39, 0.29) is 6.03 Å². The number of hydrogen-bond donors (Lipinski definition) is 2. The van der Waals surface area contributed by atoms with E-state index in [0.717, 1.165) is 48.0 Å². The highest BCUT2D eigenvalue weighted by atomic mass is 35.5. The molecule has 0 bridgehead atoms. The van der Waals surface area contributed by atoms with E-state index in [1.165, 1.54) is 7.11 Å². The van der Waals surface area contributed by atoms with E-state index >= 15 is 0 Å². The van der Waals surface area contributed by atoms with Crippen LogP contribution < -0.4 is 15.5 Å². The lowest BCUT2D eigenvalue weighted by atomic mass is 9.94. The molecule has 7 nitrogen and oxygen atoms in total. The lowest BCUT2D eigenvalue weighted by molar-refractivity contribution is -0.136. The van der Waals surface area contributed by atoms with E-state index in [0.29, 0.717) is 17.8 Å². The van der Waals surface area contributed by atoms with E-state index < -0.39 is 12.0 Å². The lowest BCUT2D eigenvalue weighted by Crippen LogP contribution is -2.51. The highest BCUT2D eigenvalue weighted by molar-refractivity contribution is 6.30. The number of ether oxygens (including phenoxy) is 1. The lowest BCUT2D eigenvalue weighted by Gasteiger charge is -2.38. The Kier molecular flexibility index (Phi) is 6.67. The van der Waals surface area contributed by atoms with Gasteiger partial charge in [0.05, 0.1) is 18.7 Å². The SMILES string of the molecule is COC(=O)C1=C(CN2CCN(c3ccc(Cl)cc3)CC2)NC(=O)NC1c1ccc(C)cc1. The van der Waals surface area contributed by atoms with Crippen LogP contribution in [0, 0.1) is 6.92 Å². The Hall–Kier alpha value is -3.03. The van der Waals surface area contributed by atoms with Crippen molar-refractivity contribution in [3.63, 3.8) is 0 Å². The number of methoxy groups -OCH3 is 1. The minimum absolute atomic E-state index is 0.321. The first-order valence-electron chi connectivity index (χ1n) is 10.6. The molecule has 168 valence electrons. The van der Waals surface area contributed by atoms with Gasteiger partial charge < -0.3 is 20.3 Å².